The second kappa shape index (κ2) is 10.8. The van der Waals surface area contributed by atoms with E-state index in [4.69, 9.17) is 18.9 Å². The van der Waals surface area contributed by atoms with Gasteiger partial charge in [-0.3, -0.25) is 24.0 Å². The van der Waals surface area contributed by atoms with Crippen LogP contribution in [-0.4, -0.2) is 96.8 Å². The van der Waals surface area contributed by atoms with Gasteiger partial charge in [-0.2, -0.15) is 0 Å². The molecule has 10 aliphatic rings. The fraction of sp³-hybridized carbons (Fsp3) is 0.683. The van der Waals surface area contributed by atoms with E-state index < -0.39 is 117 Å². The van der Waals surface area contributed by atoms with Crippen LogP contribution in [0.3, 0.4) is 0 Å². The maximum atomic E-state index is 13.4. The minimum atomic E-state index is -1.31. The third-order valence-electron chi connectivity index (χ3n) is 16.7. The first-order valence-electron chi connectivity index (χ1n) is 19.2. The van der Waals surface area contributed by atoms with E-state index in [2.05, 4.69) is 13.2 Å². The third-order valence-corrected chi connectivity index (χ3v) is 16.7. The fourth-order valence-corrected chi connectivity index (χ4v) is 14.5. The number of fused-ring (bicyclic) bond motifs is 2. The topological polar surface area (TPSA) is 223 Å². The molecule has 14 heteroatoms. The van der Waals surface area contributed by atoms with E-state index in [9.17, 15) is 49.5 Å². The fourth-order valence-electron chi connectivity index (χ4n) is 14.5. The Bertz CT molecular complexity index is 1950. The summed E-state index contributed by atoms with van der Waals surface area (Å²) in [4.78, 5) is 62.5. The van der Waals surface area contributed by atoms with Crippen LogP contribution in [0.15, 0.2) is 48.6 Å². The molecule has 2 saturated heterocycles. The number of esters is 4. The molecular weight excluding hydrogens is 716 g/mol. The number of rotatable bonds is 4. The number of hydrogen-bond donors (Lipinski definition) is 5. The highest BCUT2D eigenvalue weighted by Crippen LogP contribution is 2.79. The van der Waals surface area contributed by atoms with Crippen LogP contribution in [-0.2, 0) is 42.9 Å². The van der Waals surface area contributed by atoms with E-state index in [0.717, 1.165) is 0 Å². The molecule has 296 valence electrons. The molecule has 0 amide bonds. The van der Waals surface area contributed by atoms with Gasteiger partial charge in [0, 0.05) is 30.6 Å². The Kier molecular flexibility index (Phi) is 7.19. The zero-order chi connectivity index (χ0) is 39.7. The first-order chi connectivity index (χ1) is 25.6. The zero-order valence-corrected chi connectivity index (χ0v) is 31.1. The molecule has 5 N–H and O–H groups in total. The molecule has 6 saturated carbocycles. The van der Waals surface area contributed by atoms with E-state index in [1.54, 1.807) is 38.2 Å². The molecule has 16 atom stereocenters. The molecular formula is C41H48O14. The Hall–Kier alpha value is -3.85. The van der Waals surface area contributed by atoms with Gasteiger partial charge < -0.3 is 44.5 Å². The average Bonchev–Trinajstić information content (AvgIpc) is 3.74. The highest BCUT2D eigenvalue weighted by atomic mass is 16.7. The maximum absolute atomic E-state index is 13.4. The minimum Gasteiger partial charge on any atom is -0.481 e. The van der Waals surface area contributed by atoms with Gasteiger partial charge in [0.15, 0.2) is 0 Å². The molecule has 0 aromatic rings. The molecule has 2 unspecified atom stereocenters. The Morgan fingerprint density at radius 1 is 0.782 bits per heavy atom. The molecule has 2 aliphatic heterocycles. The number of hydrogen-bond acceptors (Lipinski definition) is 13. The van der Waals surface area contributed by atoms with Crippen LogP contribution < -0.4 is 0 Å². The predicted octanol–water partition coefficient (Wildman–Crippen LogP) is 2.03. The lowest BCUT2D eigenvalue weighted by atomic mass is 9.61. The molecule has 2 spiro atoms. The predicted molar refractivity (Wildman–Crippen MR) is 185 cm³/mol. The molecule has 2 heterocycles. The van der Waals surface area contributed by atoms with E-state index in [-0.39, 0.29) is 11.8 Å². The SMILES string of the molecule is C=C1C[C@]23C[C@@]1(O)CC[C@H]2[C@@]12C=C[C@H](O)[C@](C)(C(=O)O1)C2[C@@H]3C(=O)O.C=C1C[C@]23C[C@@]1(O)CC[C@H]2[C@@]12C=C[C@H](O)[C@](C)(C(=O)O1)C2[C@@H]3C(=O)OCOC(C)=O. The van der Waals surface area contributed by atoms with Crippen molar-refractivity contribution < 1.29 is 68.5 Å². The van der Waals surface area contributed by atoms with Gasteiger partial charge in [0.2, 0.25) is 6.79 Å². The molecule has 8 aliphatic carbocycles. The maximum Gasteiger partial charge on any atom is 0.316 e. The summed E-state index contributed by atoms with van der Waals surface area (Å²) in [5.41, 5.74) is -6.75. The molecule has 14 nitrogen and oxygen atoms in total. The Labute approximate surface area is 317 Å². The Morgan fingerprint density at radius 3 is 1.65 bits per heavy atom. The lowest BCUT2D eigenvalue weighted by Crippen LogP contribution is -2.51. The number of carbonyl (C=O) groups excluding carboxylic acids is 4. The van der Waals surface area contributed by atoms with Crippen LogP contribution in [0.1, 0.15) is 72.1 Å². The lowest BCUT2D eigenvalue weighted by Gasteiger charge is -2.44. The van der Waals surface area contributed by atoms with Crippen molar-refractivity contribution in [3.05, 3.63) is 48.6 Å². The summed E-state index contributed by atoms with van der Waals surface area (Å²) in [6.45, 7) is 12.0. The second-order valence-electron chi connectivity index (χ2n) is 18.8. The molecule has 8 fully saturated rings. The largest absolute Gasteiger partial charge is 0.481 e. The number of ether oxygens (including phenoxy) is 4. The highest BCUT2D eigenvalue weighted by molar-refractivity contribution is 5.88. The average molecular weight is 765 g/mol. The van der Waals surface area contributed by atoms with E-state index in [1.807, 2.05) is 0 Å². The normalized spacial score (nSPS) is 53.7. The van der Waals surface area contributed by atoms with E-state index >= 15 is 0 Å². The van der Waals surface area contributed by atoms with Crippen LogP contribution in [0.4, 0.5) is 0 Å². The summed E-state index contributed by atoms with van der Waals surface area (Å²) in [6, 6.07) is 0. The van der Waals surface area contributed by atoms with Gasteiger partial charge in [-0.05, 0) is 99.3 Å². The summed E-state index contributed by atoms with van der Waals surface area (Å²) in [7, 11) is 0. The van der Waals surface area contributed by atoms with Gasteiger partial charge in [0.1, 0.15) is 22.0 Å². The first kappa shape index (κ1) is 36.8. The van der Waals surface area contributed by atoms with Crippen molar-refractivity contribution in [2.75, 3.05) is 6.79 Å². The summed E-state index contributed by atoms with van der Waals surface area (Å²) < 4.78 is 22.0. The summed E-state index contributed by atoms with van der Waals surface area (Å²) in [5.74, 6) is -6.59. The third kappa shape index (κ3) is 4.02. The van der Waals surface area contributed by atoms with Gasteiger partial charge in [0.05, 0.1) is 35.2 Å². The zero-order valence-electron chi connectivity index (χ0n) is 31.1. The number of carbonyl (C=O) groups is 5. The van der Waals surface area contributed by atoms with Crippen LogP contribution in [0.5, 0.6) is 0 Å². The van der Waals surface area contributed by atoms with Crippen molar-refractivity contribution in [2.45, 2.75) is 107 Å². The smallest absolute Gasteiger partial charge is 0.316 e. The van der Waals surface area contributed by atoms with Gasteiger partial charge in [-0.1, -0.05) is 25.3 Å². The van der Waals surface area contributed by atoms with Crippen LogP contribution >= 0.6 is 0 Å². The molecule has 0 aromatic heterocycles. The van der Waals surface area contributed by atoms with Gasteiger partial charge in [0.25, 0.3) is 0 Å². The van der Waals surface area contributed by atoms with Crippen molar-refractivity contribution in [1.29, 1.82) is 0 Å². The standard InChI is InChI=1S/C22H26O8.C19H22O6/c1-11-8-20-9-21(11,27)6-4-13(20)22-7-5-14(24)19(3,18(26)30-22)16(22)15(20)17(25)29-10-28-12(2)23;1-9-7-17-8-18(9,24)5-3-10(17)19-6-4-11(20)16(2,15(23)25-19)13(19)12(17)14(21)22/h5,7,13-16,24,27H,1,4,6,8-10H2,2-3H3;4,6,10-13,20,24H,1,3,5,7-8H2,2H3,(H,21,22)/t13-,14+,15-,16?,19+,20+,21+,22-;10-,11+,12-,13?,16+,17+,18+,19-/m11/s1. The summed E-state index contributed by atoms with van der Waals surface area (Å²) in [5, 5.41) is 53.5. The highest BCUT2D eigenvalue weighted by Gasteiger charge is 2.85. The van der Waals surface area contributed by atoms with Crippen LogP contribution in [0.25, 0.3) is 0 Å². The summed E-state index contributed by atoms with van der Waals surface area (Å²) >= 11 is 0. The van der Waals surface area contributed by atoms with Crippen LogP contribution in [0.2, 0.25) is 0 Å². The van der Waals surface area contributed by atoms with Gasteiger partial charge in [-0.15, -0.1) is 0 Å². The van der Waals surface area contributed by atoms with Crippen molar-refractivity contribution >= 4 is 29.8 Å². The molecule has 55 heavy (non-hydrogen) atoms. The van der Waals surface area contributed by atoms with Crippen LogP contribution in [0, 0.1) is 57.2 Å². The van der Waals surface area contributed by atoms with Crippen molar-refractivity contribution in [2.24, 2.45) is 57.2 Å². The molecule has 0 aromatic carbocycles. The number of carboxylic acids is 1. The first-order valence-corrected chi connectivity index (χ1v) is 19.2. The van der Waals surface area contributed by atoms with Crippen molar-refractivity contribution in [3.8, 4) is 0 Å². The molecule has 0 radical (unpaired) electrons. The van der Waals surface area contributed by atoms with Crippen molar-refractivity contribution in [3.63, 3.8) is 0 Å². The second-order valence-corrected chi connectivity index (χ2v) is 18.8. The van der Waals surface area contributed by atoms with Gasteiger partial charge >= 0.3 is 29.8 Å². The Balaban J connectivity index is 0.000000147. The quantitative estimate of drug-likeness (QED) is 0.120. The Morgan fingerprint density at radius 2 is 1.22 bits per heavy atom. The number of aliphatic hydroxyl groups excluding tert-OH is 2. The molecule has 10 rings (SSSR count). The molecule has 8 bridgehead atoms. The van der Waals surface area contributed by atoms with Crippen molar-refractivity contribution in [1.82, 2.24) is 0 Å². The number of carboxylic acid groups (broad SMARTS) is 1. The number of aliphatic carboxylic acids is 1. The number of aliphatic hydroxyl groups is 4. The monoisotopic (exact) mass is 764 g/mol. The minimum absolute atomic E-state index is 0.180. The lowest BCUT2D eigenvalue weighted by molar-refractivity contribution is -0.177. The summed E-state index contributed by atoms with van der Waals surface area (Å²) in [6.07, 6.45) is 8.12. The van der Waals surface area contributed by atoms with E-state index in [1.165, 1.54) is 6.92 Å². The van der Waals surface area contributed by atoms with Gasteiger partial charge in [-0.25, -0.2) is 0 Å². The van der Waals surface area contributed by atoms with E-state index in [0.29, 0.717) is 62.5 Å².